The third-order valence-corrected chi connectivity index (χ3v) is 3.43. The number of rotatable bonds is 2. The Morgan fingerprint density at radius 2 is 1.75 bits per heavy atom. The molecule has 0 saturated carbocycles. The average molecular weight is 300 g/mol. The molecule has 0 nitrogen and oxygen atoms in total. The fourth-order valence-electron chi connectivity index (χ4n) is 0.799. The second-order valence-electron chi connectivity index (χ2n) is 2.49. The summed E-state index contributed by atoms with van der Waals surface area (Å²) < 4.78 is 25.4. The molecule has 0 fully saturated rings. The average Bonchev–Trinajstić information content (AvgIpc) is 2.03. The van der Waals surface area contributed by atoms with Gasteiger partial charge in [0.25, 0.3) is 5.92 Å². The van der Waals surface area contributed by atoms with Crippen LogP contribution in [0.3, 0.4) is 0 Å². The molecule has 0 aliphatic heterocycles. The van der Waals surface area contributed by atoms with Gasteiger partial charge in [0.1, 0.15) is 0 Å². The number of halogens is 3. The zero-order valence-electron chi connectivity index (χ0n) is 6.35. The minimum atomic E-state index is -2.73. The van der Waals surface area contributed by atoms with Gasteiger partial charge in [0.2, 0.25) is 0 Å². The van der Waals surface area contributed by atoms with Crippen LogP contribution >= 0.6 is 30.1 Å². The van der Waals surface area contributed by atoms with Gasteiger partial charge in [-0.15, -0.1) is 0 Å². The van der Waals surface area contributed by atoms with Crippen molar-refractivity contribution >= 4 is 30.1 Å². The fourth-order valence-corrected chi connectivity index (χ4v) is 1.92. The van der Waals surface area contributed by atoms with Gasteiger partial charge in [-0.3, -0.25) is 0 Å². The molecule has 12 heavy (non-hydrogen) atoms. The van der Waals surface area contributed by atoms with Gasteiger partial charge < -0.3 is 0 Å². The highest BCUT2D eigenvalue weighted by molar-refractivity contribution is 14.2. The fraction of sp³-hybridized carbons (Fsp3) is 0.250. The van der Waals surface area contributed by atoms with Crippen LogP contribution in [0, 0.1) is 0 Å². The molecule has 0 bridgehead atoms. The summed E-state index contributed by atoms with van der Waals surface area (Å²) in [5, 5.41) is 0. The molecule has 1 rings (SSSR count). The van der Waals surface area contributed by atoms with Gasteiger partial charge in [0.05, 0.1) is 0 Å². The summed E-state index contributed by atoms with van der Waals surface area (Å²) in [6, 6.07) is 6.32. The SMILES string of the molecule is CC(F)(F)c1ccc(SI)cc1. The van der Waals surface area contributed by atoms with Crippen LogP contribution in [0.15, 0.2) is 29.2 Å². The van der Waals surface area contributed by atoms with E-state index in [4.69, 9.17) is 0 Å². The second-order valence-corrected chi connectivity index (χ2v) is 4.44. The van der Waals surface area contributed by atoms with Crippen molar-refractivity contribution in [3.63, 3.8) is 0 Å². The summed E-state index contributed by atoms with van der Waals surface area (Å²) >= 11 is 2.12. The van der Waals surface area contributed by atoms with Crippen molar-refractivity contribution in [3.05, 3.63) is 29.8 Å². The molecule has 1 aromatic carbocycles. The Morgan fingerprint density at radius 1 is 1.25 bits per heavy atom. The zero-order valence-corrected chi connectivity index (χ0v) is 9.33. The Kier molecular flexibility index (Phi) is 3.34. The van der Waals surface area contributed by atoms with E-state index < -0.39 is 5.92 Å². The Morgan fingerprint density at radius 3 is 2.08 bits per heavy atom. The maximum atomic E-state index is 12.7. The van der Waals surface area contributed by atoms with Crippen LogP contribution in [-0.2, 0) is 5.92 Å². The van der Waals surface area contributed by atoms with E-state index >= 15 is 0 Å². The topological polar surface area (TPSA) is 0 Å². The first-order chi connectivity index (χ1) is 5.54. The second kappa shape index (κ2) is 3.91. The van der Waals surface area contributed by atoms with E-state index in [9.17, 15) is 8.78 Å². The maximum Gasteiger partial charge on any atom is 0.270 e. The van der Waals surface area contributed by atoms with Crippen molar-refractivity contribution < 1.29 is 8.78 Å². The van der Waals surface area contributed by atoms with Crippen LogP contribution in [0.25, 0.3) is 0 Å². The lowest BCUT2D eigenvalue weighted by molar-refractivity contribution is 0.0174. The van der Waals surface area contributed by atoms with Crippen molar-refractivity contribution in [2.75, 3.05) is 0 Å². The van der Waals surface area contributed by atoms with Gasteiger partial charge in [-0.05, 0) is 12.1 Å². The van der Waals surface area contributed by atoms with E-state index in [1.807, 2.05) is 0 Å². The molecular formula is C8H7F2IS. The third kappa shape index (κ3) is 2.58. The highest BCUT2D eigenvalue weighted by Crippen LogP contribution is 2.30. The van der Waals surface area contributed by atoms with Gasteiger partial charge in [0, 0.05) is 38.6 Å². The highest BCUT2D eigenvalue weighted by Gasteiger charge is 2.23. The molecule has 0 amide bonds. The van der Waals surface area contributed by atoms with Crippen LogP contribution in [0.5, 0.6) is 0 Å². The summed E-state index contributed by atoms with van der Waals surface area (Å²) in [4.78, 5) is 0.989. The first-order valence-corrected chi connectivity index (χ1v) is 6.67. The molecule has 0 aliphatic rings. The summed E-state index contributed by atoms with van der Waals surface area (Å²) in [5.41, 5.74) is 0.0664. The monoisotopic (exact) mass is 300 g/mol. The molecule has 0 aliphatic carbocycles. The van der Waals surface area contributed by atoms with E-state index in [0.717, 1.165) is 11.8 Å². The predicted molar refractivity (Wildman–Crippen MR) is 55.9 cm³/mol. The number of hydrogen-bond donors (Lipinski definition) is 0. The van der Waals surface area contributed by atoms with E-state index in [2.05, 4.69) is 21.2 Å². The predicted octanol–water partition coefficient (Wildman–Crippen LogP) is 4.24. The number of alkyl halides is 2. The Hall–Kier alpha value is 0.160. The van der Waals surface area contributed by atoms with Crippen molar-refractivity contribution in [2.24, 2.45) is 0 Å². The highest BCUT2D eigenvalue weighted by atomic mass is 127. The molecule has 0 radical (unpaired) electrons. The van der Waals surface area contributed by atoms with Crippen LogP contribution in [0.2, 0.25) is 0 Å². The number of hydrogen-bond acceptors (Lipinski definition) is 1. The molecule has 0 aromatic heterocycles. The summed E-state index contributed by atoms with van der Waals surface area (Å²) in [7, 11) is 1.51. The molecule has 0 heterocycles. The molecule has 4 heteroatoms. The first-order valence-electron chi connectivity index (χ1n) is 3.31. The summed E-state index contributed by atoms with van der Waals surface area (Å²) in [6.07, 6.45) is 0. The molecule has 0 saturated heterocycles. The van der Waals surface area contributed by atoms with E-state index in [1.54, 1.807) is 12.1 Å². The van der Waals surface area contributed by atoms with Crippen LogP contribution in [0.1, 0.15) is 12.5 Å². The molecule has 0 atom stereocenters. The third-order valence-electron chi connectivity index (χ3n) is 1.45. The molecular weight excluding hydrogens is 293 g/mol. The lowest BCUT2D eigenvalue weighted by atomic mass is 10.1. The minimum absolute atomic E-state index is 0.0664. The van der Waals surface area contributed by atoms with Gasteiger partial charge in [-0.2, -0.15) is 0 Å². The van der Waals surface area contributed by atoms with Crippen LogP contribution in [0.4, 0.5) is 8.78 Å². The Bertz CT molecular complexity index is 253. The van der Waals surface area contributed by atoms with E-state index in [0.29, 0.717) is 0 Å². The maximum absolute atomic E-state index is 12.7. The summed E-state index contributed by atoms with van der Waals surface area (Å²) in [6.45, 7) is 0.902. The van der Waals surface area contributed by atoms with Crippen LogP contribution in [-0.4, -0.2) is 0 Å². The molecule has 66 valence electrons. The van der Waals surface area contributed by atoms with Gasteiger partial charge in [-0.1, -0.05) is 21.1 Å². The van der Waals surface area contributed by atoms with Gasteiger partial charge in [-0.25, -0.2) is 8.78 Å². The van der Waals surface area contributed by atoms with Gasteiger partial charge in [0.15, 0.2) is 0 Å². The quantitative estimate of drug-likeness (QED) is 0.736. The first kappa shape index (κ1) is 10.2. The van der Waals surface area contributed by atoms with Crippen molar-refractivity contribution in [1.82, 2.24) is 0 Å². The Balaban J connectivity index is 2.93. The largest absolute Gasteiger partial charge is 0.270 e. The smallest absolute Gasteiger partial charge is 0.202 e. The number of benzene rings is 1. The van der Waals surface area contributed by atoms with Crippen LogP contribution < -0.4 is 0 Å². The summed E-state index contributed by atoms with van der Waals surface area (Å²) in [5.74, 6) is -2.73. The Labute approximate surface area is 86.3 Å². The van der Waals surface area contributed by atoms with Gasteiger partial charge >= 0.3 is 0 Å². The van der Waals surface area contributed by atoms with Crippen molar-refractivity contribution in [2.45, 2.75) is 17.7 Å². The minimum Gasteiger partial charge on any atom is -0.202 e. The lowest BCUT2D eigenvalue weighted by Crippen LogP contribution is -2.05. The van der Waals surface area contributed by atoms with Crippen molar-refractivity contribution in [1.29, 1.82) is 0 Å². The molecule has 0 spiro atoms. The zero-order chi connectivity index (χ0) is 9.19. The van der Waals surface area contributed by atoms with E-state index in [1.165, 1.54) is 21.1 Å². The molecule has 0 unspecified atom stereocenters. The molecule has 1 aromatic rings. The standard InChI is InChI=1S/C8H7F2IS/c1-8(9,10)6-2-4-7(12-11)5-3-6/h2-5H,1H3. The van der Waals surface area contributed by atoms with E-state index in [-0.39, 0.29) is 5.56 Å². The molecule has 0 N–H and O–H groups in total. The van der Waals surface area contributed by atoms with Crippen molar-refractivity contribution in [3.8, 4) is 0 Å². The normalized spacial score (nSPS) is 11.7. The lowest BCUT2D eigenvalue weighted by Gasteiger charge is -2.09.